The fourth-order valence-corrected chi connectivity index (χ4v) is 1.71. The molecule has 0 radical (unpaired) electrons. The van der Waals surface area contributed by atoms with Gasteiger partial charge in [-0.15, -0.1) is 0 Å². The molecule has 2 rings (SSSR count). The van der Waals surface area contributed by atoms with Crippen molar-refractivity contribution < 1.29 is 5.11 Å². The molecule has 68 valence electrons. The van der Waals surface area contributed by atoms with Gasteiger partial charge in [-0.3, -0.25) is 0 Å². The molecule has 0 bridgehead atoms. The van der Waals surface area contributed by atoms with Crippen LogP contribution in [0.25, 0.3) is 5.57 Å². The van der Waals surface area contributed by atoms with E-state index in [0.717, 1.165) is 12.8 Å². The van der Waals surface area contributed by atoms with Crippen molar-refractivity contribution in [3.8, 4) is 0 Å². The minimum atomic E-state index is -0.226. The molecule has 0 fully saturated rings. The van der Waals surface area contributed by atoms with Crippen LogP contribution in [0.4, 0.5) is 0 Å². The highest BCUT2D eigenvalue weighted by Gasteiger charge is 2.13. The van der Waals surface area contributed by atoms with Crippen LogP contribution in [0, 0.1) is 6.92 Å². The number of aliphatic hydroxyl groups is 1. The van der Waals surface area contributed by atoms with Gasteiger partial charge in [0, 0.05) is 0 Å². The Kier molecular flexibility index (Phi) is 2.19. The third-order valence-corrected chi connectivity index (χ3v) is 2.53. The standard InChI is InChI=1S/C12H14O/c1-9-2-4-10(5-3-9)11-6-7-12(13)8-11/h2-5,8,12-13H,6-7H2,1H3. The Bertz CT molecular complexity index is 321. The molecule has 1 heteroatoms. The first-order chi connectivity index (χ1) is 6.25. The summed E-state index contributed by atoms with van der Waals surface area (Å²) in [5.41, 5.74) is 3.82. The summed E-state index contributed by atoms with van der Waals surface area (Å²) in [5, 5.41) is 9.34. The molecule has 0 aliphatic heterocycles. The number of aryl methyl sites for hydroxylation is 1. The number of hydrogen-bond acceptors (Lipinski definition) is 1. The topological polar surface area (TPSA) is 20.2 Å². The van der Waals surface area contributed by atoms with Gasteiger partial charge in [-0.25, -0.2) is 0 Å². The Labute approximate surface area is 78.7 Å². The lowest BCUT2D eigenvalue weighted by molar-refractivity contribution is 0.223. The average molecular weight is 174 g/mol. The van der Waals surface area contributed by atoms with E-state index in [1.807, 2.05) is 6.08 Å². The Morgan fingerprint density at radius 3 is 2.46 bits per heavy atom. The molecular weight excluding hydrogens is 160 g/mol. The maximum atomic E-state index is 9.34. The first kappa shape index (κ1) is 8.52. The van der Waals surface area contributed by atoms with Crippen LogP contribution >= 0.6 is 0 Å². The second kappa shape index (κ2) is 3.35. The second-order valence-corrected chi connectivity index (χ2v) is 3.66. The maximum absolute atomic E-state index is 9.34. The molecule has 1 unspecified atom stereocenters. The van der Waals surface area contributed by atoms with Crippen molar-refractivity contribution in [3.05, 3.63) is 41.5 Å². The van der Waals surface area contributed by atoms with Crippen molar-refractivity contribution in [2.75, 3.05) is 0 Å². The monoisotopic (exact) mass is 174 g/mol. The minimum Gasteiger partial charge on any atom is -0.389 e. The molecule has 0 amide bonds. The average Bonchev–Trinajstić information content (AvgIpc) is 2.53. The van der Waals surface area contributed by atoms with Crippen molar-refractivity contribution in [2.24, 2.45) is 0 Å². The van der Waals surface area contributed by atoms with E-state index in [2.05, 4.69) is 31.2 Å². The summed E-state index contributed by atoms with van der Waals surface area (Å²) in [6.07, 6.45) is 3.62. The lowest BCUT2D eigenvalue weighted by Crippen LogP contribution is -1.93. The summed E-state index contributed by atoms with van der Waals surface area (Å²) >= 11 is 0. The molecular formula is C12H14O. The fraction of sp³-hybridized carbons (Fsp3) is 0.333. The summed E-state index contributed by atoms with van der Waals surface area (Å²) in [7, 11) is 0. The van der Waals surface area contributed by atoms with Gasteiger partial charge in [-0.1, -0.05) is 35.9 Å². The number of allylic oxidation sites excluding steroid dienone is 1. The lowest BCUT2D eigenvalue weighted by atomic mass is 10.0. The van der Waals surface area contributed by atoms with Gasteiger partial charge in [0.05, 0.1) is 6.10 Å². The quantitative estimate of drug-likeness (QED) is 0.693. The van der Waals surface area contributed by atoms with Gasteiger partial charge in [-0.05, 0) is 30.9 Å². The Hall–Kier alpha value is -1.08. The van der Waals surface area contributed by atoms with E-state index < -0.39 is 0 Å². The molecule has 13 heavy (non-hydrogen) atoms. The smallest absolute Gasteiger partial charge is 0.0730 e. The molecule has 0 saturated heterocycles. The van der Waals surface area contributed by atoms with Crippen LogP contribution in [0.15, 0.2) is 30.3 Å². The van der Waals surface area contributed by atoms with E-state index in [1.165, 1.54) is 16.7 Å². The van der Waals surface area contributed by atoms with Crippen molar-refractivity contribution in [1.82, 2.24) is 0 Å². The lowest BCUT2D eigenvalue weighted by Gasteiger charge is -2.01. The molecule has 0 saturated carbocycles. The van der Waals surface area contributed by atoms with Gasteiger partial charge in [0.25, 0.3) is 0 Å². The number of rotatable bonds is 1. The predicted octanol–water partition coefficient (Wildman–Crippen LogP) is 2.53. The maximum Gasteiger partial charge on any atom is 0.0730 e. The van der Waals surface area contributed by atoms with Gasteiger partial charge < -0.3 is 5.11 Å². The summed E-state index contributed by atoms with van der Waals surface area (Å²) in [4.78, 5) is 0. The Morgan fingerprint density at radius 1 is 1.23 bits per heavy atom. The molecule has 1 aromatic carbocycles. The van der Waals surface area contributed by atoms with Crippen LogP contribution < -0.4 is 0 Å². The van der Waals surface area contributed by atoms with Crippen LogP contribution in [-0.4, -0.2) is 11.2 Å². The molecule has 1 atom stereocenters. The highest BCUT2D eigenvalue weighted by atomic mass is 16.3. The van der Waals surface area contributed by atoms with Gasteiger partial charge in [0.1, 0.15) is 0 Å². The van der Waals surface area contributed by atoms with Gasteiger partial charge in [0.15, 0.2) is 0 Å². The first-order valence-electron chi connectivity index (χ1n) is 4.71. The first-order valence-corrected chi connectivity index (χ1v) is 4.71. The van der Waals surface area contributed by atoms with Crippen molar-refractivity contribution >= 4 is 5.57 Å². The third-order valence-electron chi connectivity index (χ3n) is 2.53. The third kappa shape index (κ3) is 1.81. The van der Waals surface area contributed by atoms with Crippen molar-refractivity contribution in [1.29, 1.82) is 0 Å². The van der Waals surface area contributed by atoms with Crippen LogP contribution in [0.5, 0.6) is 0 Å². The highest BCUT2D eigenvalue weighted by Crippen LogP contribution is 2.27. The van der Waals surface area contributed by atoms with Crippen LogP contribution in [0.2, 0.25) is 0 Å². The predicted molar refractivity (Wildman–Crippen MR) is 54.4 cm³/mol. The van der Waals surface area contributed by atoms with E-state index in [4.69, 9.17) is 0 Å². The van der Waals surface area contributed by atoms with Gasteiger partial charge in [0.2, 0.25) is 0 Å². The van der Waals surface area contributed by atoms with Crippen LogP contribution in [0.1, 0.15) is 24.0 Å². The molecule has 1 nitrogen and oxygen atoms in total. The van der Waals surface area contributed by atoms with Crippen LogP contribution in [-0.2, 0) is 0 Å². The van der Waals surface area contributed by atoms with Gasteiger partial charge >= 0.3 is 0 Å². The molecule has 1 N–H and O–H groups in total. The summed E-state index contributed by atoms with van der Waals surface area (Å²) in [6.45, 7) is 2.08. The SMILES string of the molecule is Cc1ccc(C2=CC(O)CC2)cc1. The summed E-state index contributed by atoms with van der Waals surface area (Å²) in [6, 6.07) is 8.47. The van der Waals surface area contributed by atoms with E-state index in [9.17, 15) is 5.11 Å². The number of aliphatic hydroxyl groups excluding tert-OH is 1. The normalized spacial score (nSPS) is 21.7. The minimum absolute atomic E-state index is 0.226. The van der Waals surface area contributed by atoms with Gasteiger partial charge in [-0.2, -0.15) is 0 Å². The number of benzene rings is 1. The second-order valence-electron chi connectivity index (χ2n) is 3.66. The molecule has 0 aromatic heterocycles. The van der Waals surface area contributed by atoms with Crippen LogP contribution in [0.3, 0.4) is 0 Å². The van der Waals surface area contributed by atoms with E-state index in [0.29, 0.717) is 0 Å². The zero-order valence-electron chi connectivity index (χ0n) is 7.83. The Balaban J connectivity index is 2.26. The van der Waals surface area contributed by atoms with E-state index in [-0.39, 0.29) is 6.10 Å². The Morgan fingerprint density at radius 2 is 1.92 bits per heavy atom. The molecule has 1 aromatic rings. The number of hydrogen-bond donors (Lipinski definition) is 1. The largest absolute Gasteiger partial charge is 0.389 e. The summed E-state index contributed by atoms with van der Waals surface area (Å²) < 4.78 is 0. The zero-order chi connectivity index (χ0) is 9.26. The zero-order valence-corrected chi connectivity index (χ0v) is 7.83. The fourth-order valence-electron chi connectivity index (χ4n) is 1.71. The molecule has 0 spiro atoms. The molecule has 0 heterocycles. The van der Waals surface area contributed by atoms with Crippen molar-refractivity contribution in [3.63, 3.8) is 0 Å². The summed E-state index contributed by atoms with van der Waals surface area (Å²) in [5.74, 6) is 0. The van der Waals surface area contributed by atoms with E-state index >= 15 is 0 Å². The highest BCUT2D eigenvalue weighted by molar-refractivity contribution is 5.68. The molecule has 1 aliphatic rings. The van der Waals surface area contributed by atoms with E-state index in [1.54, 1.807) is 0 Å². The van der Waals surface area contributed by atoms with Crippen molar-refractivity contribution in [2.45, 2.75) is 25.9 Å². The molecule has 1 aliphatic carbocycles.